The van der Waals surface area contributed by atoms with Gasteiger partial charge >= 0.3 is 0 Å². The number of para-hydroxylation sites is 1. The highest BCUT2D eigenvalue weighted by Crippen LogP contribution is 2.21. The lowest BCUT2D eigenvalue weighted by molar-refractivity contribution is -0.138. The summed E-state index contributed by atoms with van der Waals surface area (Å²) in [7, 11) is 0. The van der Waals surface area contributed by atoms with Gasteiger partial charge in [-0.1, -0.05) is 121 Å². The third-order valence-corrected chi connectivity index (χ3v) is 18.7. The molecule has 622 valence electrons. The molecule has 1 aliphatic heterocycles. The smallest absolute Gasteiger partial charge is 0.245 e. The molecule has 2 heterocycles. The van der Waals surface area contributed by atoms with E-state index in [1.54, 1.807) is 121 Å². The Hall–Kier alpha value is -12.0. The molecule has 0 unspecified atom stereocenters. The maximum atomic E-state index is 15.4. The van der Waals surface area contributed by atoms with Gasteiger partial charge in [0.15, 0.2) is 0 Å². The Morgan fingerprint density at radius 2 is 0.835 bits per heavy atom. The summed E-state index contributed by atoms with van der Waals surface area (Å²) in [4.78, 5) is 217. The highest BCUT2D eigenvalue weighted by atomic mass is 16.3. The van der Waals surface area contributed by atoms with Crippen molar-refractivity contribution in [3.63, 3.8) is 0 Å². The van der Waals surface area contributed by atoms with Gasteiger partial charge in [0.25, 0.3) is 0 Å². The van der Waals surface area contributed by atoms with E-state index in [9.17, 15) is 72.9 Å². The number of nitrogens with one attached hydrogen (secondary N) is 14. The summed E-state index contributed by atoms with van der Waals surface area (Å²) >= 11 is 0. The fourth-order valence-electron chi connectivity index (χ4n) is 12.3. The summed E-state index contributed by atoms with van der Waals surface area (Å²) in [6, 6.07) is 9.97. The molecule has 27 N–H and O–H groups in total. The molecule has 37 nitrogen and oxygen atoms in total. The van der Waals surface area contributed by atoms with Crippen LogP contribution < -0.4 is 97.8 Å². The molecule has 15 amide bonds. The SMILES string of the molecule is C[C@H](N)C(=O)NCC(=O)N[C@H]1C/C=C\C[C@H](C(N)=O)NC(=O)[C@H](CO)NC(=O)[C@H]([C@@H](C)O)NC(=O)[C@H](Cc2ccccc2)NC(=O)[C@H]([C@@H](C)O)NC(=O)[C@H](CCCCN)NC(=O)[C@H](Cc2c[nH]c3ccccc23)NC(=O)[C@H](Cc2ccccc2)NC(=O)[C@H](Cc2ccccc2)NC(=O)[C@H](CC(N)=O)NC(=O)[C@H](CCCCN)NC1=O. The van der Waals surface area contributed by atoms with Crippen LogP contribution >= 0.6 is 0 Å². The predicted molar refractivity (Wildman–Crippen MR) is 420 cm³/mol. The lowest BCUT2D eigenvalue weighted by Gasteiger charge is -2.29. The number of nitrogens with two attached hydrogens (primary N) is 5. The van der Waals surface area contributed by atoms with Crippen LogP contribution in [-0.4, -0.2) is 226 Å². The summed E-state index contributed by atoms with van der Waals surface area (Å²) in [5, 5.41) is 66.0. The first-order valence-corrected chi connectivity index (χ1v) is 37.8. The number of rotatable bonds is 26. The highest BCUT2D eigenvalue weighted by Gasteiger charge is 2.39. The van der Waals surface area contributed by atoms with Crippen molar-refractivity contribution in [3.05, 3.63) is 156 Å². The van der Waals surface area contributed by atoms with E-state index in [0.29, 0.717) is 39.6 Å². The molecule has 5 aromatic rings. The van der Waals surface area contributed by atoms with E-state index >= 15 is 14.4 Å². The number of fused-ring (bicyclic) bond motifs is 1. The first-order chi connectivity index (χ1) is 54.9. The van der Waals surface area contributed by atoms with E-state index in [1.807, 2.05) is 0 Å². The average Bonchev–Trinajstić information content (AvgIpc) is 1.71. The van der Waals surface area contributed by atoms with E-state index < -0.39 is 212 Å². The van der Waals surface area contributed by atoms with Crippen molar-refractivity contribution in [3.8, 4) is 0 Å². The quantitative estimate of drug-likeness (QED) is 0.0181. The number of aliphatic hydroxyl groups excluding tert-OH is 3. The number of carbonyl (C=O) groups is 15. The minimum Gasteiger partial charge on any atom is -0.394 e. The lowest BCUT2D eigenvalue weighted by Crippen LogP contribution is -2.63. The molecule has 0 spiro atoms. The van der Waals surface area contributed by atoms with Crippen molar-refractivity contribution in [2.75, 3.05) is 26.2 Å². The number of aromatic nitrogens is 1. The van der Waals surface area contributed by atoms with Crippen LogP contribution in [0.1, 0.15) is 101 Å². The van der Waals surface area contributed by atoms with Crippen molar-refractivity contribution >= 4 is 99.5 Å². The first-order valence-electron chi connectivity index (χ1n) is 37.8. The van der Waals surface area contributed by atoms with Crippen LogP contribution in [0.15, 0.2) is 134 Å². The van der Waals surface area contributed by atoms with E-state index in [2.05, 4.69) is 74.1 Å². The van der Waals surface area contributed by atoms with Crippen LogP contribution in [0.4, 0.5) is 0 Å². The van der Waals surface area contributed by atoms with Gasteiger partial charge in [0, 0.05) is 42.8 Å². The maximum Gasteiger partial charge on any atom is 0.245 e. The van der Waals surface area contributed by atoms with Gasteiger partial charge in [-0.05, 0) is 114 Å². The lowest BCUT2D eigenvalue weighted by atomic mass is 10.00. The molecule has 0 saturated carbocycles. The average molecular weight is 1600 g/mol. The van der Waals surface area contributed by atoms with Gasteiger partial charge in [0.05, 0.1) is 37.8 Å². The van der Waals surface area contributed by atoms with Gasteiger partial charge in [0.2, 0.25) is 88.6 Å². The van der Waals surface area contributed by atoms with Crippen LogP contribution in [0.5, 0.6) is 0 Å². The number of aliphatic hydroxyl groups is 3. The maximum absolute atomic E-state index is 15.4. The Balaban J connectivity index is 1.48. The van der Waals surface area contributed by atoms with Crippen molar-refractivity contribution < 1.29 is 87.2 Å². The number of unbranched alkanes of at least 4 members (excludes halogenated alkanes) is 2. The minimum absolute atomic E-state index is 0.110. The number of H-pyrrole nitrogens is 1. The monoisotopic (exact) mass is 1600 g/mol. The molecular formula is C78H107N19O18. The molecule has 6 rings (SSSR count). The Morgan fingerprint density at radius 3 is 1.29 bits per heavy atom. The molecular weight excluding hydrogens is 1490 g/mol. The number of amides is 15. The predicted octanol–water partition coefficient (Wildman–Crippen LogP) is -5.56. The van der Waals surface area contributed by atoms with Gasteiger partial charge in [-0.3, -0.25) is 71.9 Å². The summed E-state index contributed by atoms with van der Waals surface area (Å²) in [5.41, 5.74) is 31.4. The fourth-order valence-corrected chi connectivity index (χ4v) is 12.3. The number of hydrogen-bond donors (Lipinski definition) is 22. The molecule has 15 atom stereocenters. The van der Waals surface area contributed by atoms with Crippen LogP contribution in [0.2, 0.25) is 0 Å². The van der Waals surface area contributed by atoms with Gasteiger partial charge in [0.1, 0.15) is 72.5 Å². The fraction of sp³-hybridized carbons (Fsp3) is 0.449. The van der Waals surface area contributed by atoms with Gasteiger partial charge in [-0.2, -0.15) is 0 Å². The van der Waals surface area contributed by atoms with E-state index in [1.165, 1.54) is 19.1 Å². The molecule has 0 aliphatic carbocycles. The number of benzene rings is 4. The number of primary amides is 2. The zero-order chi connectivity index (χ0) is 84.3. The Kier molecular flexibility index (Phi) is 37.4. The molecule has 0 bridgehead atoms. The summed E-state index contributed by atoms with van der Waals surface area (Å²) in [6.07, 6.45) is -1.81. The van der Waals surface area contributed by atoms with Crippen LogP contribution in [0.3, 0.4) is 0 Å². The summed E-state index contributed by atoms with van der Waals surface area (Å²) < 4.78 is 0. The second-order valence-corrected chi connectivity index (χ2v) is 28.0. The summed E-state index contributed by atoms with van der Waals surface area (Å²) in [6.45, 7) is 1.96. The molecule has 0 radical (unpaired) electrons. The number of carbonyl (C=O) groups excluding carboxylic acids is 15. The molecule has 4 aromatic carbocycles. The van der Waals surface area contributed by atoms with E-state index in [4.69, 9.17) is 28.7 Å². The van der Waals surface area contributed by atoms with Crippen molar-refractivity contribution in [1.82, 2.24) is 74.1 Å². The molecule has 115 heavy (non-hydrogen) atoms. The van der Waals surface area contributed by atoms with Crippen LogP contribution in [0, 0.1) is 0 Å². The van der Waals surface area contributed by atoms with E-state index in [-0.39, 0.29) is 70.9 Å². The zero-order valence-corrected chi connectivity index (χ0v) is 64.2. The van der Waals surface area contributed by atoms with Gasteiger partial charge in [-0.25, -0.2) is 0 Å². The molecule has 0 fully saturated rings. The minimum atomic E-state index is -1.97. The van der Waals surface area contributed by atoms with E-state index in [0.717, 1.165) is 13.8 Å². The number of hydrogen-bond acceptors (Lipinski definition) is 21. The second-order valence-electron chi connectivity index (χ2n) is 28.0. The molecule has 1 aliphatic rings. The standard InChI is InChI=1S/C78H107N19O18/c1-43(81)67(104)85-41-63(102)86-53-30-16-15-29-52(66(83)103)87-76(113)61(42-98)95-78(115)65(45(3)100)97-75(112)58(37-48-25-11-6-12-26-48)94-77(114)64(44(2)99)96-70(107)55(32-18-20-34-80)89-73(110)59(38-49-40-84-51-28-14-13-27-50(49)51)92-72(109)57(36-47-23-9-5-10-24-47)90-71(108)56(35-46-21-7-4-8-22-46)91-74(111)60(39-62(82)101)93-69(106)54(88-68(53)105)31-17-19-33-79/h4-16,21-28,40,43-45,52-61,64-65,84,98-100H,17-20,29-39,41-42,79-81H2,1-3H3,(H2,82,101)(H2,83,103)(H,85,104)(H,86,102)(H,87,113)(H,88,105)(H,89,110)(H,90,108)(H,91,111)(H,92,109)(H,93,106)(H,94,114)(H,95,115)(H,96,107)(H,97,112)/b16-15-/t43-,44+,45+,52+,53-,54-,55-,56-,57-,58-,59-,60-,61-,64-,65-/m0/s1. The molecule has 37 heteroatoms. The second kappa shape index (κ2) is 46.8. The first kappa shape index (κ1) is 91.8. The number of aromatic amines is 1. The highest BCUT2D eigenvalue weighted by molar-refractivity contribution is 6.01. The van der Waals surface area contributed by atoms with Gasteiger partial charge in [-0.15, -0.1) is 0 Å². The van der Waals surface area contributed by atoms with Crippen molar-refractivity contribution in [1.29, 1.82) is 0 Å². The normalized spacial score (nSPS) is 23.9. The Morgan fingerprint density at radius 1 is 0.452 bits per heavy atom. The topological polar surface area (TPSA) is 619 Å². The largest absolute Gasteiger partial charge is 0.394 e. The third-order valence-electron chi connectivity index (χ3n) is 18.7. The molecule has 0 saturated heterocycles. The van der Waals surface area contributed by atoms with Gasteiger partial charge < -0.3 is 118 Å². The van der Waals surface area contributed by atoms with Crippen molar-refractivity contribution in [2.24, 2.45) is 28.7 Å². The van der Waals surface area contributed by atoms with Crippen LogP contribution in [-0.2, 0) is 97.6 Å². The van der Waals surface area contributed by atoms with Crippen LogP contribution in [0.25, 0.3) is 10.9 Å². The third kappa shape index (κ3) is 30.1. The Bertz CT molecular complexity index is 4170. The zero-order valence-electron chi connectivity index (χ0n) is 64.2. The molecule has 1 aromatic heterocycles. The summed E-state index contributed by atoms with van der Waals surface area (Å²) in [5.74, 6) is -16.1. The Labute approximate surface area is 663 Å². The van der Waals surface area contributed by atoms with Crippen molar-refractivity contribution in [2.45, 2.75) is 195 Å².